The maximum Gasteiger partial charge on any atom is 0.123 e. The Hall–Kier alpha value is -1.76. The molecule has 140 valence electrons. The van der Waals surface area contributed by atoms with Gasteiger partial charge in [0.25, 0.3) is 0 Å². The Morgan fingerprint density at radius 2 is 1.85 bits per heavy atom. The summed E-state index contributed by atoms with van der Waals surface area (Å²) in [5.41, 5.74) is 2.33. The maximum atomic E-state index is 13.2. The number of H-pyrrole nitrogens is 1. The molecule has 2 saturated heterocycles. The predicted molar refractivity (Wildman–Crippen MR) is 99.1 cm³/mol. The van der Waals surface area contributed by atoms with Gasteiger partial charge >= 0.3 is 0 Å². The van der Waals surface area contributed by atoms with Gasteiger partial charge in [0, 0.05) is 37.3 Å². The second-order valence-electron chi connectivity index (χ2n) is 7.80. The first kappa shape index (κ1) is 17.6. The van der Waals surface area contributed by atoms with E-state index in [0.717, 1.165) is 56.0 Å². The third-order valence-corrected chi connectivity index (χ3v) is 5.62. The first-order chi connectivity index (χ1) is 12.6. The topological polar surface area (TPSA) is 55.4 Å². The van der Waals surface area contributed by atoms with Gasteiger partial charge in [-0.15, -0.1) is 0 Å². The van der Waals surface area contributed by atoms with Gasteiger partial charge < -0.3 is 10.0 Å². The summed E-state index contributed by atoms with van der Waals surface area (Å²) in [5.74, 6) is -0.239. The van der Waals surface area contributed by atoms with Crippen LogP contribution in [-0.4, -0.2) is 63.4 Å². The molecule has 0 spiro atoms. The number of halogens is 1. The Morgan fingerprint density at radius 3 is 2.62 bits per heavy atom. The molecule has 5 nitrogen and oxygen atoms in total. The number of likely N-dealkylation sites (tertiary alicyclic amines) is 2. The number of rotatable bonds is 5. The highest BCUT2D eigenvalue weighted by Crippen LogP contribution is 2.28. The van der Waals surface area contributed by atoms with Crippen LogP contribution in [0.5, 0.6) is 0 Å². The third kappa shape index (κ3) is 3.98. The van der Waals surface area contributed by atoms with Crippen molar-refractivity contribution in [3.8, 4) is 11.3 Å². The molecule has 1 unspecified atom stereocenters. The summed E-state index contributed by atoms with van der Waals surface area (Å²) in [6, 6.07) is 6.46. The monoisotopic (exact) mass is 358 g/mol. The summed E-state index contributed by atoms with van der Waals surface area (Å²) in [5, 5.41) is 18.2. The summed E-state index contributed by atoms with van der Waals surface area (Å²) in [4.78, 5) is 4.70. The van der Waals surface area contributed by atoms with Gasteiger partial charge in [0.1, 0.15) is 5.82 Å². The molecule has 2 N–H and O–H groups in total. The van der Waals surface area contributed by atoms with E-state index in [9.17, 15) is 9.50 Å². The molecule has 0 amide bonds. The van der Waals surface area contributed by atoms with Crippen LogP contribution in [0.3, 0.4) is 0 Å². The second kappa shape index (κ2) is 7.47. The highest BCUT2D eigenvalue weighted by atomic mass is 19.1. The van der Waals surface area contributed by atoms with E-state index in [4.69, 9.17) is 0 Å². The number of aromatic nitrogens is 2. The van der Waals surface area contributed by atoms with Crippen molar-refractivity contribution in [2.75, 3.05) is 32.7 Å². The molecule has 2 aromatic rings. The molecule has 1 atom stereocenters. The zero-order valence-corrected chi connectivity index (χ0v) is 15.1. The highest BCUT2D eigenvalue weighted by molar-refractivity contribution is 5.62. The van der Waals surface area contributed by atoms with Crippen LogP contribution in [0.4, 0.5) is 4.39 Å². The number of aromatic amines is 1. The fraction of sp³-hybridized carbons (Fsp3) is 0.550. The number of nitrogens with zero attached hydrogens (tertiary/aromatic N) is 3. The number of β-amino-alcohol motifs (C(OH)–C–C–N with tert-alkyl or cyclic N) is 1. The van der Waals surface area contributed by atoms with E-state index in [-0.39, 0.29) is 5.82 Å². The third-order valence-electron chi connectivity index (χ3n) is 5.62. The largest absolute Gasteiger partial charge is 0.387 e. The van der Waals surface area contributed by atoms with Gasteiger partial charge in [0.2, 0.25) is 0 Å². The maximum absolute atomic E-state index is 13.2. The molecule has 3 heterocycles. The summed E-state index contributed by atoms with van der Waals surface area (Å²) in [6.45, 7) is 5.32. The van der Waals surface area contributed by atoms with Gasteiger partial charge in [-0.1, -0.05) is 6.42 Å². The Morgan fingerprint density at radius 1 is 1.08 bits per heavy atom. The molecule has 4 rings (SSSR count). The molecule has 26 heavy (non-hydrogen) atoms. The lowest BCUT2D eigenvalue weighted by molar-refractivity contribution is 0.00636. The van der Waals surface area contributed by atoms with Crippen molar-refractivity contribution in [3.05, 3.63) is 41.8 Å². The number of piperidine rings is 1. The van der Waals surface area contributed by atoms with Crippen molar-refractivity contribution in [2.24, 2.45) is 0 Å². The Labute approximate surface area is 153 Å². The fourth-order valence-electron chi connectivity index (χ4n) is 4.28. The van der Waals surface area contributed by atoms with Crippen molar-refractivity contribution < 1.29 is 9.50 Å². The summed E-state index contributed by atoms with van der Waals surface area (Å²) < 4.78 is 13.2. The Kier molecular flexibility index (Phi) is 5.07. The van der Waals surface area contributed by atoms with Crippen molar-refractivity contribution in [1.29, 1.82) is 0 Å². The number of benzene rings is 1. The smallest absolute Gasteiger partial charge is 0.123 e. The second-order valence-corrected chi connectivity index (χ2v) is 7.80. The van der Waals surface area contributed by atoms with E-state index in [2.05, 4.69) is 20.0 Å². The molecule has 1 aromatic carbocycles. The lowest BCUT2D eigenvalue weighted by Gasteiger charge is -2.33. The van der Waals surface area contributed by atoms with Crippen LogP contribution in [0, 0.1) is 5.82 Å². The Balaban J connectivity index is 1.40. The molecule has 6 heteroatoms. The highest BCUT2D eigenvalue weighted by Gasteiger charge is 2.37. The minimum atomic E-state index is -0.614. The van der Waals surface area contributed by atoms with Gasteiger partial charge in [-0.3, -0.25) is 10.00 Å². The molecule has 0 radical (unpaired) electrons. The average Bonchev–Trinajstić information content (AvgIpc) is 3.24. The van der Waals surface area contributed by atoms with E-state index < -0.39 is 5.60 Å². The van der Waals surface area contributed by atoms with Crippen molar-refractivity contribution in [1.82, 2.24) is 20.0 Å². The minimum absolute atomic E-state index is 0.239. The summed E-state index contributed by atoms with van der Waals surface area (Å²) in [7, 11) is 0. The predicted octanol–water partition coefficient (Wildman–Crippen LogP) is 2.64. The molecular weight excluding hydrogens is 331 g/mol. The summed E-state index contributed by atoms with van der Waals surface area (Å²) in [6.07, 6.45) is 6.45. The molecule has 2 aliphatic heterocycles. The van der Waals surface area contributed by atoms with E-state index >= 15 is 0 Å². The first-order valence-corrected chi connectivity index (χ1v) is 9.57. The normalized spacial score (nSPS) is 25.0. The van der Waals surface area contributed by atoms with Crippen molar-refractivity contribution in [2.45, 2.75) is 37.8 Å². The zero-order valence-electron chi connectivity index (χ0n) is 15.1. The van der Waals surface area contributed by atoms with Gasteiger partial charge in [-0.25, -0.2) is 4.39 Å². The lowest BCUT2D eigenvalue weighted by atomic mass is 10.0. The summed E-state index contributed by atoms with van der Waals surface area (Å²) >= 11 is 0. The van der Waals surface area contributed by atoms with Crippen LogP contribution in [0.25, 0.3) is 11.3 Å². The van der Waals surface area contributed by atoms with Gasteiger partial charge in [0.05, 0.1) is 17.5 Å². The van der Waals surface area contributed by atoms with Crippen LogP contribution >= 0.6 is 0 Å². The molecule has 2 fully saturated rings. The lowest BCUT2D eigenvalue weighted by Crippen LogP contribution is -2.46. The van der Waals surface area contributed by atoms with Crippen LogP contribution in [0.2, 0.25) is 0 Å². The molecule has 1 aromatic heterocycles. The quantitative estimate of drug-likeness (QED) is 0.863. The molecule has 0 saturated carbocycles. The van der Waals surface area contributed by atoms with Crippen molar-refractivity contribution >= 4 is 0 Å². The van der Waals surface area contributed by atoms with Gasteiger partial charge in [0.15, 0.2) is 0 Å². The number of hydrogen-bond donors (Lipinski definition) is 2. The number of hydrogen-bond acceptors (Lipinski definition) is 4. The van der Waals surface area contributed by atoms with Gasteiger partial charge in [-0.05, 0) is 56.6 Å². The van der Waals surface area contributed by atoms with E-state index in [1.165, 1.54) is 31.4 Å². The number of aliphatic hydroxyl groups is 1. The SMILES string of the molecule is OC1(CN2CCCCC2)CCN(Cc2cn[nH]c2-c2ccc(F)cc2)C1. The zero-order chi connectivity index (χ0) is 18.0. The molecule has 0 aliphatic carbocycles. The number of nitrogens with one attached hydrogen (secondary N) is 1. The van der Waals surface area contributed by atoms with Crippen LogP contribution < -0.4 is 0 Å². The van der Waals surface area contributed by atoms with E-state index in [1.807, 2.05) is 6.20 Å². The molecule has 0 bridgehead atoms. The minimum Gasteiger partial charge on any atom is -0.387 e. The van der Waals surface area contributed by atoms with E-state index in [1.54, 1.807) is 12.1 Å². The van der Waals surface area contributed by atoms with E-state index in [0.29, 0.717) is 6.54 Å². The van der Waals surface area contributed by atoms with Crippen LogP contribution in [0.15, 0.2) is 30.5 Å². The van der Waals surface area contributed by atoms with Gasteiger partial charge in [-0.2, -0.15) is 5.10 Å². The average molecular weight is 358 g/mol. The Bertz CT molecular complexity index is 726. The molecular formula is C20H27FN4O. The van der Waals surface area contributed by atoms with Crippen LogP contribution in [-0.2, 0) is 6.54 Å². The first-order valence-electron chi connectivity index (χ1n) is 9.57. The fourth-order valence-corrected chi connectivity index (χ4v) is 4.28. The van der Waals surface area contributed by atoms with Crippen LogP contribution in [0.1, 0.15) is 31.2 Å². The molecule has 2 aliphatic rings. The standard InChI is InChI=1S/C20H27FN4O/c21-18-6-4-16(5-7-18)19-17(12-22-23-19)13-25-11-8-20(26,15-25)14-24-9-2-1-3-10-24/h4-7,12,26H,1-3,8-11,13-15H2,(H,22,23). The van der Waals surface area contributed by atoms with Crippen molar-refractivity contribution in [3.63, 3.8) is 0 Å².